The van der Waals surface area contributed by atoms with Crippen LogP contribution in [0.5, 0.6) is 0 Å². The van der Waals surface area contributed by atoms with Gasteiger partial charge in [-0.15, -0.1) is 5.10 Å². The first-order valence-electron chi connectivity index (χ1n) is 10.4. The monoisotopic (exact) mass is 381 g/mol. The van der Waals surface area contributed by atoms with Gasteiger partial charge in [-0.2, -0.15) is 10.1 Å². The van der Waals surface area contributed by atoms with Crippen molar-refractivity contribution in [2.45, 2.75) is 25.7 Å². The van der Waals surface area contributed by atoms with Gasteiger partial charge in [-0.25, -0.2) is 4.98 Å². The molecule has 0 N–H and O–H groups in total. The van der Waals surface area contributed by atoms with Crippen molar-refractivity contribution in [3.05, 3.63) is 29.6 Å². The summed E-state index contributed by atoms with van der Waals surface area (Å²) < 4.78 is 5.44. The van der Waals surface area contributed by atoms with E-state index in [1.54, 1.807) is 0 Å². The molecule has 0 atom stereocenters. The van der Waals surface area contributed by atoms with E-state index in [9.17, 15) is 0 Å². The molecule has 148 valence electrons. The van der Waals surface area contributed by atoms with Crippen molar-refractivity contribution in [3.8, 4) is 0 Å². The van der Waals surface area contributed by atoms with Crippen LogP contribution in [0.15, 0.2) is 18.3 Å². The number of rotatable bonds is 3. The van der Waals surface area contributed by atoms with Crippen molar-refractivity contribution in [2.75, 3.05) is 67.2 Å². The number of ether oxygens (including phenoxy) is 1. The smallest absolute Gasteiger partial charge is 0.227 e. The number of piperazine rings is 1. The average molecular weight is 381 g/mol. The van der Waals surface area contributed by atoms with E-state index in [-0.39, 0.29) is 0 Å². The molecule has 2 fully saturated rings. The molecule has 0 bridgehead atoms. The van der Waals surface area contributed by atoms with Gasteiger partial charge < -0.3 is 19.4 Å². The lowest BCUT2D eigenvalue weighted by atomic mass is 9.97. The van der Waals surface area contributed by atoms with Crippen molar-refractivity contribution in [1.29, 1.82) is 0 Å². The maximum absolute atomic E-state index is 5.44. The summed E-state index contributed by atoms with van der Waals surface area (Å²) in [6.45, 7) is 6.93. The molecule has 8 heteroatoms. The van der Waals surface area contributed by atoms with E-state index < -0.39 is 0 Å². The van der Waals surface area contributed by atoms with Gasteiger partial charge >= 0.3 is 0 Å². The summed E-state index contributed by atoms with van der Waals surface area (Å²) in [5, 5.41) is 8.99. The maximum Gasteiger partial charge on any atom is 0.227 e. The molecule has 1 aliphatic carbocycles. The second kappa shape index (κ2) is 7.87. The van der Waals surface area contributed by atoms with Gasteiger partial charge in [0.15, 0.2) is 5.82 Å². The maximum atomic E-state index is 5.44. The molecule has 0 aromatic carbocycles. The number of anilines is 3. The standard InChI is InChI=1S/C20H27N7O/c1-2-4-17-16(3-1)15-19(24-23-17)25-7-9-27(10-8-25)20-21-6-5-18(22-20)26-11-13-28-14-12-26/h5-6,15H,1-4,7-14H2. The van der Waals surface area contributed by atoms with E-state index in [2.05, 4.69) is 35.9 Å². The normalized spacial score (nSPS) is 20.2. The highest BCUT2D eigenvalue weighted by Crippen LogP contribution is 2.24. The Morgan fingerprint density at radius 1 is 0.786 bits per heavy atom. The van der Waals surface area contributed by atoms with E-state index in [1.807, 2.05) is 12.3 Å². The van der Waals surface area contributed by atoms with Gasteiger partial charge in [0.05, 0.1) is 18.9 Å². The van der Waals surface area contributed by atoms with Crippen LogP contribution in [-0.2, 0) is 17.6 Å². The molecule has 0 radical (unpaired) electrons. The Labute approximate surface area is 165 Å². The predicted molar refractivity (Wildman–Crippen MR) is 108 cm³/mol. The second-order valence-electron chi connectivity index (χ2n) is 7.67. The number of hydrogen-bond acceptors (Lipinski definition) is 8. The van der Waals surface area contributed by atoms with Gasteiger partial charge in [0.2, 0.25) is 5.95 Å². The number of aromatic nitrogens is 4. The second-order valence-corrected chi connectivity index (χ2v) is 7.67. The van der Waals surface area contributed by atoms with E-state index >= 15 is 0 Å². The fourth-order valence-electron chi connectivity index (χ4n) is 4.23. The molecule has 2 aliphatic heterocycles. The van der Waals surface area contributed by atoms with Gasteiger partial charge in [-0.3, -0.25) is 0 Å². The third-order valence-electron chi connectivity index (χ3n) is 5.91. The summed E-state index contributed by atoms with van der Waals surface area (Å²) in [6, 6.07) is 4.25. The Morgan fingerprint density at radius 3 is 2.39 bits per heavy atom. The average Bonchev–Trinajstić information content (AvgIpc) is 2.79. The molecule has 0 saturated carbocycles. The minimum atomic E-state index is 0.764. The lowest BCUT2D eigenvalue weighted by molar-refractivity contribution is 0.122. The zero-order chi connectivity index (χ0) is 18.8. The number of nitrogens with zero attached hydrogens (tertiary/aromatic N) is 7. The minimum Gasteiger partial charge on any atom is -0.378 e. The molecule has 0 unspecified atom stereocenters. The van der Waals surface area contributed by atoms with E-state index in [0.717, 1.165) is 82.9 Å². The number of fused-ring (bicyclic) bond motifs is 1. The zero-order valence-corrected chi connectivity index (χ0v) is 16.3. The van der Waals surface area contributed by atoms with Crippen molar-refractivity contribution >= 4 is 17.6 Å². The van der Waals surface area contributed by atoms with E-state index in [0.29, 0.717) is 0 Å². The van der Waals surface area contributed by atoms with Crippen LogP contribution in [-0.4, -0.2) is 72.6 Å². The van der Waals surface area contributed by atoms with Crippen LogP contribution in [0.3, 0.4) is 0 Å². The molecule has 2 aromatic rings. The molecule has 3 aliphatic rings. The van der Waals surface area contributed by atoms with Crippen LogP contribution in [0.1, 0.15) is 24.1 Å². The lowest BCUT2D eigenvalue weighted by Gasteiger charge is -2.36. The van der Waals surface area contributed by atoms with Gasteiger partial charge in [0, 0.05) is 45.5 Å². The molecule has 0 spiro atoms. The fourth-order valence-corrected chi connectivity index (χ4v) is 4.23. The molecule has 2 saturated heterocycles. The van der Waals surface area contributed by atoms with Crippen molar-refractivity contribution in [2.24, 2.45) is 0 Å². The third-order valence-corrected chi connectivity index (χ3v) is 5.91. The summed E-state index contributed by atoms with van der Waals surface area (Å²) in [5.74, 6) is 2.83. The van der Waals surface area contributed by atoms with Crippen LogP contribution in [0.2, 0.25) is 0 Å². The first kappa shape index (κ1) is 17.6. The number of morpholine rings is 1. The summed E-state index contributed by atoms with van der Waals surface area (Å²) >= 11 is 0. The Hall–Kier alpha value is -2.48. The van der Waals surface area contributed by atoms with Gasteiger partial charge in [0.25, 0.3) is 0 Å². The Kier molecular flexibility index (Phi) is 4.95. The zero-order valence-electron chi connectivity index (χ0n) is 16.3. The van der Waals surface area contributed by atoms with Crippen LogP contribution in [0, 0.1) is 0 Å². The third kappa shape index (κ3) is 3.61. The van der Waals surface area contributed by atoms with E-state index in [4.69, 9.17) is 9.72 Å². The molecular formula is C20H27N7O. The lowest BCUT2D eigenvalue weighted by Crippen LogP contribution is -2.47. The van der Waals surface area contributed by atoms with Crippen molar-refractivity contribution in [3.63, 3.8) is 0 Å². The summed E-state index contributed by atoms with van der Waals surface area (Å²) in [6.07, 6.45) is 6.59. The summed E-state index contributed by atoms with van der Waals surface area (Å²) in [7, 11) is 0. The molecule has 4 heterocycles. The van der Waals surface area contributed by atoms with Gasteiger partial charge in [-0.05, 0) is 43.4 Å². The highest BCUT2D eigenvalue weighted by atomic mass is 16.5. The topological polar surface area (TPSA) is 70.5 Å². The molecule has 0 amide bonds. The minimum absolute atomic E-state index is 0.764. The predicted octanol–water partition coefficient (Wildman–Crippen LogP) is 1.31. The Morgan fingerprint density at radius 2 is 1.54 bits per heavy atom. The van der Waals surface area contributed by atoms with E-state index in [1.165, 1.54) is 24.1 Å². The molecule has 5 rings (SSSR count). The van der Waals surface area contributed by atoms with Crippen LogP contribution in [0.4, 0.5) is 17.6 Å². The van der Waals surface area contributed by atoms with Gasteiger partial charge in [-0.1, -0.05) is 0 Å². The van der Waals surface area contributed by atoms with Crippen molar-refractivity contribution < 1.29 is 4.74 Å². The first-order valence-corrected chi connectivity index (χ1v) is 10.4. The largest absolute Gasteiger partial charge is 0.378 e. The Bertz CT molecular complexity index is 816. The molecule has 28 heavy (non-hydrogen) atoms. The quantitative estimate of drug-likeness (QED) is 0.788. The first-order chi connectivity index (χ1) is 13.9. The van der Waals surface area contributed by atoms with Crippen molar-refractivity contribution in [1.82, 2.24) is 20.2 Å². The molecule has 8 nitrogen and oxygen atoms in total. The molecule has 2 aromatic heterocycles. The summed E-state index contributed by atoms with van der Waals surface area (Å²) in [4.78, 5) is 16.2. The highest BCUT2D eigenvalue weighted by molar-refractivity contribution is 5.47. The Balaban J connectivity index is 1.25. The SMILES string of the molecule is c1cc(N2CCOCC2)nc(N2CCN(c3cc4c(nn3)CCCC4)CC2)n1. The fraction of sp³-hybridized carbons (Fsp3) is 0.600. The van der Waals surface area contributed by atoms with Crippen LogP contribution >= 0.6 is 0 Å². The van der Waals surface area contributed by atoms with Gasteiger partial charge in [0.1, 0.15) is 5.82 Å². The molecular weight excluding hydrogens is 354 g/mol. The number of aryl methyl sites for hydroxylation is 2. The van der Waals surface area contributed by atoms with Crippen LogP contribution < -0.4 is 14.7 Å². The number of hydrogen-bond donors (Lipinski definition) is 0. The van der Waals surface area contributed by atoms with Crippen LogP contribution in [0.25, 0.3) is 0 Å². The summed E-state index contributed by atoms with van der Waals surface area (Å²) in [5.41, 5.74) is 2.59. The highest BCUT2D eigenvalue weighted by Gasteiger charge is 2.23.